The summed E-state index contributed by atoms with van der Waals surface area (Å²) in [5.74, 6) is 1.83. The predicted octanol–water partition coefficient (Wildman–Crippen LogP) is 3.40. The van der Waals surface area contributed by atoms with Crippen molar-refractivity contribution in [3.05, 3.63) is 0 Å². The predicted molar refractivity (Wildman–Crippen MR) is 126 cm³/mol. The lowest BCUT2D eigenvalue weighted by Crippen LogP contribution is -2.49. The van der Waals surface area contributed by atoms with Crippen molar-refractivity contribution in [2.45, 2.75) is 72.4 Å². The van der Waals surface area contributed by atoms with E-state index < -0.39 is 0 Å². The van der Waals surface area contributed by atoms with Crippen LogP contribution in [0, 0.1) is 5.92 Å². The van der Waals surface area contributed by atoms with Crippen LogP contribution in [0.2, 0.25) is 0 Å². The molecule has 1 heterocycles. The Bertz CT molecular complexity index is 365. The van der Waals surface area contributed by atoms with Crippen LogP contribution in [0.4, 0.5) is 0 Å². The molecule has 26 heavy (non-hydrogen) atoms. The molecule has 1 fully saturated rings. The van der Waals surface area contributed by atoms with Crippen LogP contribution in [0.1, 0.15) is 60.3 Å². The average molecular weight is 482 g/mol. The minimum Gasteiger partial charge on any atom is -0.355 e. The van der Waals surface area contributed by atoms with Crippen LogP contribution < -0.4 is 10.6 Å². The van der Waals surface area contributed by atoms with Crippen LogP contribution in [0.15, 0.2) is 4.99 Å². The van der Waals surface area contributed by atoms with Gasteiger partial charge < -0.3 is 15.5 Å². The van der Waals surface area contributed by atoms with Crippen LogP contribution in [-0.4, -0.2) is 74.2 Å². The molecule has 0 bridgehead atoms. The number of aliphatic imine (C=N–C) groups is 1. The van der Waals surface area contributed by atoms with Gasteiger partial charge in [0.05, 0.1) is 0 Å². The zero-order valence-corrected chi connectivity index (χ0v) is 20.4. The van der Waals surface area contributed by atoms with Crippen molar-refractivity contribution in [2.24, 2.45) is 10.9 Å². The first-order valence-corrected chi connectivity index (χ1v) is 10.4. The van der Waals surface area contributed by atoms with Crippen LogP contribution in [0.5, 0.6) is 0 Å². The van der Waals surface area contributed by atoms with Crippen LogP contribution >= 0.6 is 24.0 Å². The fourth-order valence-corrected chi connectivity index (χ4v) is 3.50. The van der Waals surface area contributed by atoms with E-state index in [0.29, 0.717) is 12.1 Å². The van der Waals surface area contributed by atoms with Gasteiger partial charge in [-0.3, -0.25) is 9.89 Å². The summed E-state index contributed by atoms with van der Waals surface area (Å²) < 4.78 is 0. The molecule has 1 saturated heterocycles. The van der Waals surface area contributed by atoms with E-state index in [1.54, 1.807) is 0 Å². The normalized spacial score (nSPS) is 19.1. The number of halogens is 1. The highest BCUT2D eigenvalue weighted by molar-refractivity contribution is 14.0. The van der Waals surface area contributed by atoms with Gasteiger partial charge >= 0.3 is 0 Å². The number of piperidine rings is 1. The molecule has 0 aliphatic carbocycles. The first-order chi connectivity index (χ1) is 12.0. The molecule has 1 aliphatic rings. The molecule has 1 rings (SSSR count). The molecule has 0 spiro atoms. The van der Waals surface area contributed by atoms with Gasteiger partial charge in [0.25, 0.3) is 0 Å². The van der Waals surface area contributed by atoms with E-state index in [1.165, 1.54) is 45.3 Å². The average Bonchev–Trinajstić information content (AvgIpc) is 2.62. The number of nitrogens with zero attached hydrogens (tertiary/aromatic N) is 3. The molecular formula is C20H44IN5. The molecule has 6 heteroatoms. The number of guanidine groups is 1. The molecule has 0 amide bonds. The molecule has 0 radical (unpaired) electrons. The first kappa shape index (κ1) is 25.9. The topological polar surface area (TPSA) is 42.9 Å². The van der Waals surface area contributed by atoms with Crippen molar-refractivity contribution < 1.29 is 0 Å². The van der Waals surface area contributed by atoms with Gasteiger partial charge in [0.1, 0.15) is 0 Å². The van der Waals surface area contributed by atoms with Crippen molar-refractivity contribution in [1.29, 1.82) is 0 Å². The lowest BCUT2D eigenvalue weighted by atomic mass is 9.98. The highest BCUT2D eigenvalue weighted by atomic mass is 127. The SMILES string of the molecule is CCN(CC)CCCC(C)NC(=NC)NCC(C)N1CCC(C)CC1.I. The third-order valence-corrected chi connectivity index (χ3v) is 5.62. The maximum Gasteiger partial charge on any atom is 0.191 e. The Hall–Kier alpha value is -0.0800. The Morgan fingerprint density at radius 2 is 1.81 bits per heavy atom. The molecule has 0 aromatic rings. The van der Waals surface area contributed by atoms with Crippen LogP contribution in [-0.2, 0) is 0 Å². The van der Waals surface area contributed by atoms with E-state index in [4.69, 9.17) is 0 Å². The summed E-state index contributed by atoms with van der Waals surface area (Å²) in [6, 6.07) is 1.01. The largest absolute Gasteiger partial charge is 0.355 e. The van der Waals surface area contributed by atoms with Gasteiger partial charge in [-0.1, -0.05) is 20.8 Å². The van der Waals surface area contributed by atoms with Gasteiger partial charge in [-0.2, -0.15) is 0 Å². The molecule has 156 valence electrons. The first-order valence-electron chi connectivity index (χ1n) is 10.4. The molecule has 1 aliphatic heterocycles. The zero-order valence-electron chi connectivity index (χ0n) is 18.1. The quantitative estimate of drug-likeness (QED) is 0.285. The van der Waals surface area contributed by atoms with E-state index in [9.17, 15) is 0 Å². The summed E-state index contributed by atoms with van der Waals surface area (Å²) in [6.45, 7) is 18.3. The maximum absolute atomic E-state index is 4.40. The molecule has 5 nitrogen and oxygen atoms in total. The van der Waals surface area contributed by atoms with Crippen molar-refractivity contribution >= 4 is 29.9 Å². The minimum absolute atomic E-state index is 0. The number of hydrogen-bond acceptors (Lipinski definition) is 3. The van der Waals surface area contributed by atoms with Gasteiger partial charge in [-0.15, -0.1) is 24.0 Å². The van der Waals surface area contributed by atoms with E-state index in [0.717, 1.165) is 31.5 Å². The van der Waals surface area contributed by atoms with Crippen LogP contribution in [0.25, 0.3) is 0 Å². The molecule has 2 atom stereocenters. The third kappa shape index (κ3) is 10.3. The molecule has 2 N–H and O–H groups in total. The van der Waals surface area contributed by atoms with E-state index in [2.05, 4.69) is 60.0 Å². The number of nitrogens with one attached hydrogen (secondary N) is 2. The van der Waals surface area contributed by atoms with E-state index in [-0.39, 0.29) is 24.0 Å². The summed E-state index contributed by atoms with van der Waals surface area (Å²) in [7, 11) is 1.87. The van der Waals surface area contributed by atoms with Gasteiger partial charge in [0, 0.05) is 25.7 Å². The summed E-state index contributed by atoms with van der Waals surface area (Å²) in [5.41, 5.74) is 0. The van der Waals surface area contributed by atoms with Gasteiger partial charge in [-0.25, -0.2) is 0 Å². The number of hydrogen-bond donors (Lipinski definition) is 2. The Morgan fingerprint density at radius 1 is 1.19 bits per heavy atom. The number of likely N-dealkylation sites (tertiary alicyclic amines) is 1. The molecule has 2 unspecified atom stereocenters. The van der Waals surface area contributed by atoms with Gasteiger partial charge in [-0.05, 0) is 78.2 Å². The van der Waals surface area contributed by atoms with Crippen molar-refractivity contribution in [2.75, 3.05) is 46.3 Å². The second kappa shape index (κ2) is 14.9. The molecule has 0 aromatic carbocycles. The second-order valence-electron chi connectivity index (χ2n) is 7.74. The Kier molecular flexibility index (Phi) is 14.9. The fourth-order valence-electron chi connectivity index (χ4n) is 3.50. The Balaban J connectivity index is 0.00000625. The fraction of sp³-hybridized carbons (Fsp3) is 0.950. The van der Waals surface area contributed by atoms with Gasteiger partial charge in [0.15, 0.2) is 5.96 Å². The highest BCUT2D eigenvalue weighted by Gasteiger charge is 2.20. The summed E-state index contributed by atoms with van der Waals surface area (Å²) in [4.78, 5) is 9.49. The monoisotopic (exact) mass is 481 g/mol. The zero-order chi connectivity index (χ0) is 18.7. The standard InChI is InChI=1S/C20H43N5.HI/c1-7-24(8-2)13-9-10-18(4)23-20(21-6)22-16-19(5)25-14-11-17(3)12-15-25;/h17-19H,7-16H2,1-6H3,(H2,21,22,23);1H. The lowest BCUT2D eigenvalue weighted by molar-refractivity contribution is 0.147. The molecular weight excluding hydrogens is 437 g/mol. The highest BCUT2D eigenvalue weighted by Crippen LogP contribution is 2.17. The van der Waals surface area contributed by atoms with E-state index in [1.807, 2.05) is 7.05 Å². The second-order valence-corrected chi connectivity index (χ2v) is 7.74. The summed E-state index contributed by atoms with van der Waals surface area (Å²) in [6.07, 6.45) is 5.08. The number of rotatable bonds is 10. The van der Waals surface area contributed by atoms with Gasteiger partial charge in [0.2, 0.25) is 0 Å². The minimum atomic E-state index is 0. The van der Waals surface area contributed by atoms with Crippen molar-refractivity contribution in [1.82, 2.24) is 20.4 Å². The summed E-state index contributed by atoms with van der Waals surface area (Å²) in [5, 5.41) is 7.06. The van der Waals surface area contributed by atoms with E-state index >= 15 is 0 Å². The molecule has 0 aromatic heterocycles. The summed E-state index contributed by atoms with van der Waals surface area (Å²) >= 11 is 0. The third-order valence-electron chi connectivity index (χ3n) is 5.62. The van der Waals surface area contributed by atoms with Crippen LogP contribution in [0.3, 0.4) is 0 Å². The lowest BCUT2D eigenvalue weighted by Gasteiger charge is -2.35. The Labute approximate surface area is 179 Å². The van der Waals surface area contributed by atoms with Crippen molar-refractivity contribution in [3.63, 3.8) is 0 Å². The molecule has 0 saturated carbocycles. The van der Waals surface area contributed by atoms with Crippen molar-refractivity contribution in [3.8, 4) is 0 Å². The smallest absolute Gasteiger partial charge is 0.191 e. The maximum atomic E-state index is 4.40. The Morgan fingerprint density at radius 3 is 2.35 bits per heavy atom.